The molecular formula is C26H18ClN3O2. The summed E-state index contributed by atoms with van der Waals surface area (Å²) in [6.45, 7) is 0. The normalized spacial score (nSPS) is 14.1. The van der Waals surface area contributed by atoms with Gasteiger partial charge in [0.25, 0.3) is 11.8 Å². The van der Waals surface area contributed by atoms with E-state index in [2.05, 4.69) is 0 Å². The Bertz CT molecular complexity index is 1380. The number of likely N-dealkylation sites (N-methyl/N-ethyl adjacent to an activating group) is 1. The Morgan fingerprint density at radius 3 is 2.41 bits per heavy atom. The molecule has 0 atom stereocenters. The van der Waals surface area contributed by atoms with Gasteiger partial charge in [-0.2, -0.15) is 0 Å². The monoisotopic (exact) mass is 439 g/mol. The van der Waals surface area contributed by atoms with E-state index in [1.807, 2.05) is 60.7 Å². The fraction of sp³-hybridized carbons (Fsp3) is 0.0385. The molecule has 0 bridgehead atoms. The first-order valence-electron chi connectivity index (χ1n) is 10.1. The third-order valence-corrected chi connectivity index (χ3v) is 5.71. The number of carbonyl (C=O) groups excluding carboxylic acids is 2. The van der Waals surface area contributed by atoms with E-state index in [-0.39, 0.29) is 11.8 Å². The van der Waals surface area contributed by atoms with E-state index in [1.165, 1.54) is 11.0 Å². The minimum atomic E-state index is -0.279. The van der Waals surface area contributed by atoms with Gasteiger partial charge in [0.15, 0.2) is 0 Å². The quantitative estimate of drug-likeness (QED) is 0.393. The molecule has 0 aliphatic carbocycles. The Morgan fingerprint density at radius 2 is 1.66 bits per heavy atom. The summed E-state index contributed by atoms with van der Waals surface area (Å²) in [5.41, 5.74) is 3.55. The summed E-state index contributed by atoms with van der Waals surface area (Å²) in [6, 6.07) is 25.7. The molecule has 1 aromatic heterocycles. The maximum Gasteiger partial charge on any atom is 0.265 e. The van der Waals surface area contributed by atoms with Gasteiger partial charge in [-0.3, -0.25) is 14.5 Å². The molecule has 5 nitrogen and oxygen atoms in total. The lowest BCUT2D eigenvalue weighted by Crippen LogP contribution is -2.27. The van der Waals surface area contributed by atoms with Crippen LogP contribution in [0.25, 0.3) is 16.6 Å². The van der Waals surface area contributed by atoms with Gasteiger partial charge in [0.1, 0.15) is 5.69 Å². The van der Waals surface area contributed by atoms with Gasteiger partial charge in [-0.15, -0.1) is 0 Å². The number of amides is 2. The number of halogens is 1. The standard InChI is InChI=1S/C26H18ClN3O2/c1-29(19-13-11-18(27)12-14-19)24(31)16-23-25-21(15-17-7-5-6-10-22(17)28-25)26(32)30(23)20-8-3-2-4-9-20/h2-16H,1H3/b23-16+. The van der Waals surface area contributed by atoms with E-state index in [0.717, 1.165) is 10.9 Å². The van der Waals surface area contributed by atoms with E-state index in [4.69, 9.17) is 16.6 Å². The van der Waals surface area contributed by atoms with Crippen molar-refractivity contribution in [2.24, 2.45) is 0 Å². The zero-order chi connectivity index (χ0) is 22.2. The van der Waals surface area contributed by atoms with Crippen LogP contribution in [-0.4, -0.2) is 23.8 Å². The second kappa shape index (κ2) is 7.94. The summed E-state index contributed by atoms with van der Waals surface area (Å²) in [6.07, 6.45) is 1.47. The molecule has 1 aliphatic heterocycles. The van der Waals surface area contributed by atoms with Crippen molar-refractivity contribution < 1.29 is 9.59 Å². The van der Waals surface area contributed by atoms with E-state index in [0.29, 0.717) is 33.4 Å². The number of hydrogen-bond acceptors (Lipinski definition) is 3. The van der Waals surface area contributed by atoms with Gasteiger partial charge in [0.05, 0.1) is 16.8 Å². The molecule has 0 spiro atoms. The highest BCUT2D eigenvalue weighted by atomic mass is 35.5. The third kappa shape index (κ3) is 3.43. The van der Waals surface area contributed by atoms with E-state index < -0.39 is 0 Å². The van der Waals surface area contributed by atoms with Crippen molar-refractivity contribution in [3.05, 3.63) is 107 Å². The molecule has 5 rings (SSSR count). The van der Waals surface area contributed by atoms with Crippen LogP contribution >= 0.6 is 11.6 Å². The van der Waals surface area contributed by atoms with Crippen LogP contribution in [0.1, 0.15) is 16.1 Å². The number of para-hydroxylation sites is 2. The first-order chi connectivity index (χ1) is 15.5. The molecular weight excluding hydrogens is 422 g/mol. The van der Waals surface area contributed by atoms with Crippen LogP contribution < -0.4 is 9.80 Å². The molecule has 0 radical (unpaired) electrons. The molecule has 0 fully saturated rings. The Kier molecular flexibility index (Phi) is 4.96. The Balaban J connectivity index is 1.65. The summed E-state index contributed by atoms with van der Waals surface area (Å²) in [7, 11) is 1.68. The van der Waals surface area contributed by atoms with Crippen LogP contribution in [0.3, 0.4) is 0 Å². The minimum Gasteiger partial charge on any atom is -0.312 e. The van der Waals surface area contributed by atoms with Crippen LogP contribution in [0, 0.1) is 0 Å². The lowest BCUT2D eigenvalue weighted by molar-refractivity contribution is -0.113. The number of nitrogens with zero attached hydrogens (tertiary/aromatic N) is 3. The predicted octanol–water partition coefficient (Wildman–Crippen LogP) is 5.55. The molecule has 4 aromatic rings. The van der Waals surface area contributed by atoms with Gasteiger partial charge in [0, 0.05) is 34.9 Å². The average Bonchev–Trinajstić information content (AvgIpc) is 3.08. The second-order valence-corrected chi connectivity index (χ2v) is 7.89. The number of fused-ring (bicyclic) bond motifs is 2. The van der Waals surface area contributed by atoms with E-state index in [1.54, 1.807) is 36.2 Å². The number of pyridine rings is 1. The van der Waals surface area contributed by atoms with Crippen LogP contribution in [0.4, 0.5) is 11.4 Å². The van der Waals surface area contributed by atoms with Crippen LogP contribution in [-0.2, 0) is 4.79 Å². The van der Waals surface area contributed by atoms with Crippen LogP contribution in [0.2, 0.25) is 5.02 Å². The van der Waals surface area contributed by atoms with Crippen molar-refractivity contribution in [3.8, 4) is 0 Å². The highest BCUT2D eigenvalue weighted by molar-refractivity contribution is 6.30. The van der Waals surface area contributed by atoms with Crippen molar-refractivity contribution in [1.82, 2.24) is 4.98 Å². The van der Waals surface area contributed by atoms with Gasteiger partial charge >= 0.3 is 0 Å². The molecule has 0 saturated carbocycles. The topological polar surface area (TPSA) is 53.5 Å². The van der Waals surface area contributed by atoms with Crippen molar-refractivity contribution in [1.29, 1.82) is 0 Å². The summed E-state index contributed by atoms with van der Waals surface area (Å²) in [5.74, 6) is -0.489. The average molecular weight is 440 g/mol. The summed E-state index contributed by atoms with van der Waals surface area (Å²) >= 11 is 5.97. The van der Waals surface area contributed by atoms with Crippen LogP contribution in [0.5, 0.6) is 0 Å². The zero-order valence-corrected chi connectivity index (χ0v) is 18.0. The fourth-order valence-corrected chi connectivity index (χ4v) is 3.91. The molecule has 0 unspecified atom stereocenters. The van der Waals surface area contributed by atoms with Gasteiger partial charge < -0.3 is 4.90 Å². The van der Waals surface area contributed by atoms with E-state index >= 15 is 0 Å². The Hall–Kier alpha value is -3.96. The molecule has 156 valence electrons. The number of anilines is 2. The Morgan fingerprint density at radius 1 is 0.969 bits per heavy atom. The van der Waals surface area contributed by atoms with Crippen molar-refractivity contribution >= 4 is 51.4 Å². The molecule has 2 heterocycles. The highest BCUT2D eigenvalue weighted by Crippen LogP contribution is 2.37. The van der Waals surface area contributed by atoms with Crippen molar-refractivity contribution in [3.63, 3.8) is 0 Å². The second-order valence-electron chi connectivity index (χ2n) is 7.46. The number of carbonyl (C=O) groups is 2. The summed E-state index contributed by atoms with van der Waals surface area (Å²) < 4.78 is 0. The SMILES string of the molecule is CN(C(=O)/C=C1\c2nc3ccccc3cc2C(=O)N1c1ccccc1)c1ccc(Cl)cc1. The lowest BCUT2D eigenvalue weighted by atomic mass is 10.1. The minimum absolute atomic E-state index is 0.211. The van der Waals surface area contributed by atoms with Crippen molar-refractivity contribution in [2.75, 3.05) is 16.8 Å². The number of aromatic nitrogens is 1. The van der Waals surface area contributed by atoms with Gasteiger partial charge in [-0.05, 0) is 48.5 Å². The first-order valence-corrected chi connectivity index (χ1v) is 10.5. The molecule has 3 aromatic carbocycles. The van der Waals surface area contributed by atoms with E-state index in [9.17, 15) is 9.59 Å². The summed E-state index contributed by atoms with van der Waals surface area (Å²) in [4.78, 5) is 34.4. The van der Waals surface area contributed by atoms with Gasteiger partial charge in [-0.25, -0.2) is 4.98 Å². The third-order valence-electron chi connectivity index (χ3n) is 5.46. The van der Waals surface area contributed by atoms with Crippen molar-refractivity contribution in [2.45, 2.75) is 0 Å². The lowest BCUT2D eigenvalue weighted by Gasteiger charge is -2.20. The fourth-order valence-electron chi connectivity index (χ4n) is 3.78. The zero-order valence-electron chi connectivity index (χ0n) is 17.2. The molecule has 2 amide bonds. The maximum atomic E-state index is 13.4. The molecule has 0 saturated heterocycles. The van der Waals surface area contributed by atoms with Gasteiger partial charge in [-0.1, -0.05) is 48.0 Å². The summed E-state index contributed by atoms with van der Waals surface area (Å²) in [5, 5.41) is 1.47. The number of benzene rings is 3. The maximum absolute atomic E-state index is 13.4. The predicted molar refractivity (Wildman–Crippen MR) is 128 cm³/mol. The number of hydrogen-bond donors (Lipinski definition) is 0. The molecule has 1 aliphatic rings. The van der Waals surface area contributed by atoms with Gasteiger partial charge in [0.2, 0.25) is 0 Å². The van der Waals surface area contributed by atoms with Crippen LogP contribution in [0.15, 0.2) is 91.0 Å². The first kappa shape index (κ1) is 20.0. The molecule has 32 heavy (non-hydrogen) atoms. The highest BCUT2D eigenvalue weighted by Gasteiger charge is 2.36. The molecule has 6 heteroatoms. The molecule has 0 N–H and O–H groups in total. The largest absolute Gasteiger partial charge is 0.312 e. The number of rotatable bonds is 3. The Labute approximate surface area is 190 Å². The smallest absolute Gasteiger partial charge is 0.265 e.